The van der Waals surface area contributed by atoms with Crippen molar-refractivity contribution < 1.29 is 24.0 Å². The molecule has 1 N–H and O–H groups in total. The van der Waals surface area contributed by atoms with E-state index in [0.29, 0.717) is 17.1 Å². The van der Waals surface area contributed by atoms with E-state index < -0.39 is 17.7 Å². The summed E-state index contributed by atoms with van der Waals surface area (Å²) in [5, 5.41) is 16.6. The second kappa shape index (κ2) is 6.97. The van der Waals surface area contributed by atoms with Gasteiger partial charge in [0.05, 0.1) is 12.7 Å². The molecule has 1 aliphatic heterocycles. The molecule has 2 aromatic heterocycles. The van der Waals surface area contributed by atoms with Crippen molar-refractivity contribution in [1.29, 1.82) is 0 Å². The Morgan fingerprint density at radius 1 is 1.25 bits per heavy atom. The summed E-state index contributed by atoms with van der Waals surface area (Å²) in [5.41, 5.74) is 0.426. The fourth-order valence-corrected chi connectivity index (χ4v) is 3.98. The summed E-state index contributed by atoms with van der Waals surface area (Å²) in [6.45, 7) is 1.70. The number of nitrogens with zero attached hydrogens (tertiary/aromatic N) is 2. The van der Waals surface area contributed by atoms with Crippen LogP contribution in [0.5, 0.6) is 5.75 Å². The maximum atomic E-state index is 12.9. The number of aryl methyl sites for hydroxylation is 1. The molecule has 1 aliphatic rings. The highest BCUT2D eigenvalue weighted by molar-refractivity contribution is 7.10. The zero-order chi connectivity index (χ0) is 19.8. The number of carbonyl (C=O) groups is 2. The van der Waals surface area contributed by atoms with Crippen molar-refractivity contribution in [3.63, 3.8) is 0 Å². The number of aliphatic hydroxyl groups is 1. The predicted molar refractivity (Wildman–Crippen MR) is 103 cm³/mol. The molecule has 0 unspecified atom stereocenters. The van der Waals surface area contributed by atoms with Gasteiger partial charge < -0.3 is 14.4 Å². The number of anilines is 1. The normalized spacial score (nSPS) is 18.6. The van der Waals surface area contributed by atoms with Gasteiger partial charge in [0.1, 0.15) is 23.3 Å². The Bertz CT molecular complexity index is 1070. The number of benzene rings is 1. The lowest BCUT2D eigenvalue weighted by Gasteiger charge is -2.21. The zero-order valence-corrected chi connectivity index (χ0v) is 15.9. The minimum absolute atomic E-state index is 0.0123. The fraction of sp³-hybridized carbons (Fsp3) is 0.150. The molecule has 8 heteroatoms. The van der Waals surface area contributed by atoms with Crippen molar-refractivity contribution in [1.82, 2.24) is 5.16 Å². The SMILES string of the molecule is COc1ccc(C(O)=C2C(=O)C(=O)N(c3cc(C)on3)[C@@H]2c2cccs2)cc1. The first-order valence-corrected chi connectivity index (χ1v) is 9.31. The van der Waals surface area contributed by atoms with Crippen molar-refractivity contribution in [2.45, 2.75) is 13.0 Å². The van der Waals surface area contributed by atoms with Crippen LogP contribution in [0.25, 0.3) is 5.76 Å². The van der Waals surface area contributed by atoms with Crippen LogP contribution in [0.3, 0.4) is 0 Å². The van der Waals surface area contributed by atoms with Crippen LogP contribution in [0.1, 0.15) is 22.2 Å². The number of rotatable bonds is 4. The Kier molecular flexibility index (Phi) is 4.48. The van der Waals surface area contributed by atoms with Crippen LogP contribution in [0.4, 0.5) is 5.82 Å². The monoisotopic (exact) mass is 396 g/mol. The number of ether oxygens (including phenoxy) is 1. The van der Waals surface area contributed by atoms with Gasteiger partial charge in [0.25, 0.3) is 5.78 Å². The molecule has 0 aliphatic carbocycles. The van der Waals surface area contributed by atoms with Crippen LogP contribution < -0.4 is 9.64 Å². The molecule has 1 amide bonds. The number of ketones is 1. The van der Waals surface area contributed by atoms with E-state index in [4.69, 9.17) is 9.26 Å². The Morgan fingerprint density at radius 3 is 2.57 bits per heavy atom. The van der Waals surface area contributed by atoms with E-state index in [9.17, 15) is 14.7 Å². The van der Waals surface area contributed by atoms with Crippen LogP contribution in [-0.2, 0) is 9.59 Å². The van der Waals surface area contributed by atoms with Gasteiger partial charge in [-0.05, 0) is 42.6 Å². The molecule has 0 bridgehead atoms. The summed E-state index contributed by atoms with van der Waals surface area (Å²) in [7, 11) is 1.54. The summed E-state index contributed by atoms with van der Waals surface area (Å²) in [6.07, 6.45) is 0. The fourth-order valence-electron chi connectivity index (χ4n) is 3.16. The molecule has 1 saturated heterocycles. The third-order valence-corrected chi connectivity index (χ3v) is 5.41. The number of hydrogen-bond acceptors (Lipinski definition) is 7. The zero-order valence-electron chi connectivity index (χ0n) is 15.1. The molecule has 28 heavy (non-hydrogen) atoms. The Labute approximate surface area is 164 Å². The van der Waals surface area contributed by atoms with Crippen LogP contribution in [0.15, 0.2) is 57.9 Å². The minimum atomic E-state index is -0.786. The van der Waals surface area contributed by atoms with Gasteiger partial charge in [-0.1, -0.05) is 11.2 Å². The summed E-state index contributed by atoms with van der Waals surface area (Å²) >= 11 is 1.38. The summed E-state index contributed by atoms with van der Waals surface area (Å²) in [4.78, 5) is 27.6. The highest BCUT2D eigenvalue weighted by atomic mass is 32.1. The van der Waals surface area contributed by atoms with E-state index in [1.807, 2.05) is 17.5 Å². The Balaban J connectivity index is 1.89. The van der Waals surface area contributed by atoms with Gasteiger partial charge in [-0.2, -0.15) is 0 Å². The van der Waals surface area contributed by atoms with Gasteiger partial charge in [0, 0.05) is 16.5 Å². The highest BCUT2D eigenvalue weighted by Crippen LogP contribution is 2.43. The van der Waals surface area contributed by atoms with Crippen LogP contribution >= 0.6 is 11.3 Å². The van der Waals surface area contributed by atoms with E-state index in [-0.39, 0.29) is 17.2 Å². The molecular weight excluding hydrogens is 380 g/mol. The molecule has 0 spiro atoms. The first-order chi connectivity index (χ1) is 13.5. The molecule has 0 radical (unpaired) electrons. The van der Waals surface area contributed by atoms with Gasteiger partial charge >= 0.3 is 5.91 Å². The summed E-state index contributed by atoms with van der Waals surface area (Å²) in [5.74, 6) is -0.426. The maximum absolute atomic E-state index is 12.9. The lowest BCUT2D eigenvalue weighted by molar-refractivity contribution is -0.132. The molecule has 7 nitrogen and oxygen atoms in total. The number of aliphatic hydroxyl groups excluding tert-OH is 1. The smallest absolute Gasteiger partial charge is 0.301 e. The molecule has 1 atom stereocenters. The van der Waals surface area contributed by atoms with Crippen LogP contribution in [0, 0.1) is 6.92 Å². The lowest BCUT2D eigenvalue weighted by Crippen LogP contribution is -2.29. The number of aromatic nitrogens is 1. The van der Waals surface area contributed by atoms with E-state index in [0.717, 1.165) is 4.88 Å². The number of hydrogen-bond donors (Lipinski definition) is 1. The Hall–Kier alpha value is -3.39. The maximum Gasteiger partial charge on any atom is 0.301 e. The predicted octanol–water partition coefficient (Wildman–Crippen LogP) is 3.68. The Morgan fingerprint density at radius 2 is 2.00 bits per heavy atom. The first-order valence-electron chi connectivity index (χ1n) is 8.43. The topological polar surface area (TPSA) is 92.9 Å². The highest BCUT2D eigenvalue weighted by Gasteiger charge is 2.48. The molecule has 3 heterocycles. The second-order valence-corrected chi connectivity index (χ2v) is 7.19. The molecule has 0 saturated carbocycles. The van der Waals surface area contributed by atoms with Crippen molar-refractivity contribution in [2.24, 2.45) is 0 Å². The minimum Gasteiger partial charge on any atom is -0.507 e. The lowest BCUT2D eigenvalue weighted by atomic mass is 10.00. The number of thiophene rings is 1. The van der Waals surface area contributed by atoms with Crippen molar-refractivity contribution in [3.8, 4) is 5.75 Å². The number of Topliss-reactive ketones (excluding diaryl/α,β-unsaturated/α-hetero) is 1. The van der Waals surface area contributed by atoms with Crippen LogP contribution in [0.2, 0.25) is 0 Å². The van der Waals surface area contributed by atoms with Gasteiger partial charge in [-0.25, -0.2) is 0 Å². The standard InChI is InChI=1S/C20H16N2O5S/c1-11-10-15(21-27-11)22-17(14-4-3-9-28-14)16(19(24)20(22)25)18(23)12-5-7-13(26-2)8-6-12/h3-10,17,23H,1-2H3/t17-/m1/s1. The summed E-state index contributed by atoms with van der Waals surface area (Å²) in [6, 6.07) is 11.0. The quantitative estimate of drug-likeness (QED) is 0.411. The van der Waals surface area contributed by atoms with E-state index in [2.05, 4.69) is 5.16 Å². The third kappa shape index (κ3) is 2.87. The summed E-state index contributed by atoms with van der Waals surface area (Å²) < 4.78 is 10.2. The van der Waals surface area contributed by atoms with E-state index in [1.54, 1.807) is 37.3 Å². The third-order valence-electron chi connectivity index (χ3n) is 4.48. The number of carbonyl (C=O) groups excluding carboxylic acids is 2. The largest absolute Gasteiger partial charge is 0.507 e. The average Bonchev–Trinajstić information content (AvgIpc) is 3.43. The first kappa shape index (κ1) is 18.0. The molecular formula is C20H16N2O5S. The van der Waals surface area contributed by atoms with Gasteiger partial charge in [-0.3, -0.25) is 14.5 Å². The average molecular weight is 396 g/mol. The second-order valence-electron chi connectivity index (χ2n) is 6.21. The van der Waals surface area contributed by atoms with Crippen molar-refractivity contribution in [2.75, 3.05) is 12.0 Å². The number of amides is 1. The number of methoxy groups -OCH3 is 1. The van der Waals surface area contributed by atoms with Crippen molar-refractivity contribution in [3.05, 3.63) is 69.6 Å². The van der Waals surface area contributed by atoms with Crippen LogP contribution in [-0.4, -0.2) is 29.1 Å². The van der Waals surface area contributed by atoms with E-state index in [1.165, 1.54) is 23.3 Å². The van der Waals surface area contributed by atoms with Crippen molar-refractivity contribution >= 4 is 34.6 Å². The molecule has 3 aromatic rings. The van der Waals surface area contributed by atoms with Gasteiger partial charge in [0.15, 0.2) is 5.82 Å². The molecule has 1 aromatic carbocycles. The molecule has 4 rings (SSSR count). The molecule has 1 fully saturated rings. The van der Waals surface area contributed by atoms with Gasteiger partial charge in [-0.15, -0.1) is 11.3 Å². The molecule has 142 valence electrons. The van der Waals surface area contributed by atoms with Gasteiger partial charge in [0.2, 0.25) is 0 Å². The van der Waals surface area contributed by atoms with E-state index >= 15 is 0 Å².